The van der Waals surface area contributed by atoms with Crippen molar-refractivity contribution in [3.63, 3.8) is 0 Å². The molecule has 0 aliphatic carbocycles. The van der Waals surface area contributed by atoms with E-state index in [2.05, 4.69) is 32.3 Å². The molecule has 4 aromatic rings. The predicted molar refractivity (Wildman–Crippen MR) is 120 cm³/mol. The number of aromatic nitrogens is 6. The van der Waals surface area contributed by atoms with Gasteiger partial charge in [-0.1, -0.05) is 25.1 Å². The molecule has 8 nitrogen and oxygen atoms in total. The summed E-state index contributed by atoms with van der Waals surface area (Å²) >= 11 is 0. The number of aryl methyl sites for hydroxylation is 1. The summed E-state index contributed by atoms with van der Waals surface area (Å²) in [6.07, 6.45) is -2.37. The molecule has 0 bridgehead atoms. The topological polar surface area (TPSA) is 95.8 Å². The third-order valence-electron chi connectivity index (χ3n) is 6.32. The van der Waals surface area contributed by atoms with E-state index in [-0.39, 0.29) is 18.0 Å². The lowest BCUT2D eigenvalue weighted by atomic mass is 9.95. The molecule has 1 aromatic carbocycles. The van der Waals surface area contributed by atoms with E-state index in [1.807, 2.05) is 35.9 Å². The number of aromatic amines is 1. The summed E-state index contributed by atoms with van der Waals surface area (Å²) in [7, 11) is 1.88. The second kappa shape index (κ2) is 8.39. The third-order valence-corrected chi connectivity index (χ3v) is 6.32. The number of anilines is 1. The first kappa shape index (κ1) is 22.3. The Morgan fingerprint density at radius 3 is 2.76 bits per heavy atom. The zero-order valence-electron chi connectivity index (χ0n) is 18.7. The molecule has 178 valence electrons. The number of nitrogens with one attached hydrogen (secondary N) is 1. The minimum Gasteiger partial charge on any atom is -0.391 e. The van der Waals surface area contributed by atoms with Crippen molar-refractivity contribution in [2.45, 2.75) is 38.0 Å². The Kier molecular flexibility index (Phi) is 5.51. The number of hydrogen-bond acceptors (Lipinski definition) is 6. The number of rotatable bonds is 5. The summed E-state index contributed by atoms with van der Waals surface area (Å²) in [4.78, 5) is 5.69. The number of aliphatic hydroxyl groups excluding tert-OH is 1. The number of H-pyrrole nitrogens is 1. The van der Waals surface area contributed by atoms with E-state index in [1.165, 1.54) is 0 Å². The van der Waals surface area contributed by atoms with Gasteiger partial charge in [0.25, 0.3) is 0 Å². The van der Waals surface area contributed by atoms with Crippen LogP contribution >= 0.6 is 0 Å². The van der Waals surface area contributed by atoms with E-state index in [1.54, 1.807) is 11.2 Å². The number of aliphatic hydroxyl groups is 1. The fourth-order valence-corrected chi connectivity index (χ4v) is 4.41. The third kappa shape index (κ3) is 4.11. The zero-order valence-corrected chi connectivity index (χ0v) is 18.7. The van der Waals surface area contributed by atoms with Crippen LogP contribution in [0, 0.1) is 0 Å². The van der Waals surface area contributed by atoms with Crippen LogP contribution in [0.5, 0.6) is 0 Å². The summed E-state index contributed by atoms with van der Waals surface area (Å²) in [6, 6.07) is 8.61. The first-order valence-corrected chi connectivity index (χ1v) is 11.0. The summed E-state index contributed by atoms with van der Waals surface area (Å²) in [6.45, 7) is 2.79. The summed E-state index contributed by atoms with van der Waals surface area (Å²) in [5.74, 6) is 0.949. The Morgan fingerprint density at radius 1 is 1.26 bits per heavy atom. The summed E-state index contributed by atoms with van der Waals surface area (Å²) in [5, 5.41) is 25.2. The SMILES string of the molecule is CC(Cc1nncn1C)c1cccc(-c2n[nH]c3c(N4CC[C@H](O)C4)cc(C(F)(F)F)nc23)c1. The quantitative estimate of drug-likeness (QED) is 0.461. The van der Waals surface area contributed by atoms with E-state index in [4.69, 9.17) is 0 Å². The molecule has 34 heavy (non-hydrogen) atoms. The molecule has 11 heteroatoms. The highest BCUT2D eigenvalue weighted by Gasteiger charge is 2.35. The molecule has 2 N–H and O–H groups in total. The van der Waals surface area contributed by atoms with Gasteiger partial charge >= 0.3 is 6.18 Å². The number of benzene rings is 1. The van der Waals surface area contributed by atoms with Crippen LogP contribution in [0.3, 0.4) is 0 Å². The maximum Gasteiger partial charge on any atom is 0.433 e. The standard InChI is InChI=1S/C23H24F3N7O/c1-13(8-19-29-27-12-32(19)2)14-4-3-5-15(9-14)20-22-21(31-30-20)17(33-7-6-16(34)11-33)10-18(28-22)23(24,25)26/h3-5,9-10,12-13,16,34H,6-8,11H2,1-2H3,(H,30,31)/t13?,16-/m0/s1. The van der Waals surface area contributed by atoms with E-state index >= 15 is 0 Å². The molecule has 1 aliphatic rings. The van der Waals surface area contributed by atoms with Gasteiger partial charge in [-0.25, -0.2) is 4.98 Å². The molecule has 1 unspecified atom stereocenters. The number of alkyl halides is 3. The van der Waals surface area contributed by atoms with Crippen molar-refractivity contribution in [1.82, 2.24) is 29.9 Å². The lowest BCUT2D eigenvalue weighted by Gasteiger charge is -2.20. The van der Waals surface area contributed by atoms with Crippen LogP contribution in [0.1, 0.15) is 36.3 Å². The average molecular weight is 471 g/mol. The normalized spacial score (nSPS) is 17.6. The molecule has 1 saturated heterocycles. The molecule has 0 radical (unpaired) electrons. The maximum atomic E-state index is 13.7. The highest BCUT2D eigenvalue weighted by molar-refractivity contribution is 5.97. The summed E-state index contributed by atoms with van der Waals surface area (Å²) in [5.41, 5.74) is 1.98. The van der Waals surface area contributed by atoms with Gasteiger partial charge in [0.05, 0.1) is 11.8 Å². The minimum atomic E-state index is -4.61. The largest absolute Gasteiger partial charge is 0.433 e. The minimum absolute atomic E-state index is 0.105. The highest BCUT2D eigenvalue weighted by Crippen LogP contribution is 2.38. The van der Waals surface area contributed by atoms with Gasteiger partial charge in [-0.05, 0) is 30.0 Å². The molecular formula is C23H24F3N7O. The Bertz CT molecular complexity index is 1330. The van der Waals surface area contributed by atoms with Crippen molar-refractivity contribution in [3.8, 4) is 11.3 Å². The molecule has 1 aliphatic heterocycles. The number of fused-ring (bicyclic) bond motifs is 1. The van der Waals surface area contributed by atoms with E-state index in [0.717, 1.165) is 17.5 Å². The van der Waals surface area contributed by atoms with E-state index in [9.17, 15) is 18.3 Å². The first-order valence-electron chi connectivity index (χ1n) is 11.0. The van der Waals surface area contributed by atoms with E-state index < -0.39 is 18.0 Å². The number of nitrogens with zero attached hydrogens (tertiary/aromatic N) is 6. The lowest BCUT2D eigenvalue weighted by Crippen LogP contribution is -2.22. The smallest absolute Gasteiger partial charge is 0.391 e. The van der Waals surface area contributed by atoms with Gasteiger partial charge in [0.2, 0.25) is 0 Å². The zero-order chi connectivity index (χ0) is 24.0. The van der Waals surface area contributed by atoms with Gasteiger partial charge in [-0.15, -0.1) is 10.2 Å². The van der Waals surface area contributed by atoms with Gasteiger partial charge in [0, 0.05) is 32.1 Å². The molecule has 0 amide bonds. The second-order valence-corrected chi connectivity index (χ2v) is 8.80. The molecule has 3 aromatic heterocycles. The average Bonchev–Trinajstić information content (AvgIpc) is 3.53. The second-order valence-electron chi connectivity index (χ2n) is 8.80. The van der Waals surface area contributed by atoms with Crippen molar-refractivity contribution in [2.75, 3.05) is 18.0 Å². The predicted octanol–water partition coefficient (Wildman–Crippen LogP) is 3.69. The van der Waals surface area contributed by atoms with Crippen LogP contribution in [0.25, 0.3) is 22.3 Å². The Hall–Kier alpha value is -3.47. The van der Waals surface area contributed by atoms with Gasteiger partial charge in [-0.2, -0.15) is 18.3 Å². The van der Waals surface area contributed by atoms with Gasteiger partial charge in [-0.3, -0.25) is 5.10 Å². The lowest BCUT2D eigenvalue weighted by molar-refractivity contribution is -0.140. The Labute approximate surface area is 193 Å². The molecule has 4 heterocycles. The fourth-order valence-electron chi connectivity index (χ4n) is 4.41. The number of pyridine rings is 1. The van der Waals surface area contributed by atoms with Crippen LogP contribution in [0.4, 0.5) is 18.9 Å². The van der Waals surface area contributed by atoms with Gasteiger partial charge in [0.15, 0.2) is 0 Å². The number of β-amino-alcohol motifs (C(OH)–C–C–N with tert-alkyl or cyclic N) is 1. The van der Waals surface area contributed by atoms with Gasteiger partial charge < -0.3 is 14.6 Å². The van der Waals surface area contributed by atoms with Crippen molar-refractivity contribution >= 4 is 16.7 Å². The fraction of sp³-hybridized carbons (Fsp3) is 0.391. The number of halogens is 3. The maximum absolute atomic E-state index is 13.7. The van der Waals surface area contributed by atoms with E-state index in [0.29, 0.717) is 41.8 Å². The highest BCUT2D eigenvalue weighted by atomic mass is 19.4. The summed E-state index contributed by atoms with van der Waals surface area (Å²) < 4.78 is 43.0. The van der Waals surface area contributed by atoms with Crippen LogP contribution in [-0.2, 0) is 19.6 Å². The molecule has 0 spiro atoms. The molecule has 5 rings (SSSR count). The van der Waals surface area contributed by atoms with Crippen molar-refractivity contribution in [1.29, 1.82) is 0 Å². The number of hydrogen-bond donors (Lipinski definition) is 2. The molecule has 1 fully saturated rings. The molecular weight excluding hydrogens is 447 g/mol. The molecule has 0 saturated carbocycles. The Balaban J connectivity index is 1.56. The van der Waals surface area contributed by atoms with Crippen LogP contribution < -0.4 is 4.90 Å². The van der Waals surface area contributed by atoms with Crippen molar-refractivity contribution < 1.29 is 18.3 Å². The van der Waals surface area contributed by atoms with Gasteiger partial charge in [0.1, 0.15) is 34.6 Å². The van der Waals surface area contributed by atoms with Crippen molar-refractivity contribution in [3.05, 3.63) is 53.7 Å². The van der Waals surface area contributed by atoms with Crippen LogP contribution in [0.2, 0.25) is 0 Å². The van der Waals surface area contributed by atoms with Crippen molar-refractivity contribution in [2.24, 2.45) is 7.05 Å². The van der Waals surface area contributed by atoms with Crippen LogP contribution in [0.15, 0.2) is 36.7 Å². The first-order chi connectivity index (χ1) is 16.2. The molecule has 2 atom stereocenters. The Morgan fingerprint density at radius 2 is 2.09 bits per heavy atom. The van der Waals surface area contributed by atoms with Crippen LogP contribution in [-0.4, -0.2) is 54.2 Å². The monoisotopic (exact) mass is 471 g/mol.